The Balaban J connectivity index is 2.39. The van der Waals surface area contributed by atoms with Crippen molar-refractivity contribution in [3.05, 3.63) is 30.1 Å². The van der Waals surface area contributed by atoms with Crippen LogP contribution in [0.3, 0.4) is 0 Å². The number of carbonyl (C=O) groups is 1. The Morgan fingerprint density at radius 3 is 2.88 bits per heavy atom. The molecule has 0 saturated carbocycles. The number of nitrogens with one attached hydrogen (secondary N) is 1. The van der Waals surface area contributed by atoms with Crippen molar-refractivity contribution in [2.75, 3.05) is 0 Å². The van der Waals surface area contributed by atoms with Gasteiger partial charge >= 0.3 is 5.97 Å². The average molecular weight is 222 g/mol. The number of aliphatic carboxylic acids is 1. The van der Waals surface area contributed by atoms with Gasteiger partial charge in [0.1, 0.15) is 0 Å². The van der Waals surface area contributed by atoms with Crippen LogP contribution in [0, 0.1) is 0 Å². The number of hydrogen-bond donors (Lipinski definition) is 2. The van der Waals surface area contributed by atoms with E-state index in [0.717, 1.165) is 5.56 Å². The van der Waals surface area contributed by atoms with Crippen molar-refractivity contribution in [2.24, 2.45) is 0 Å². The molecule has 0 radical (unpaired) electrons. The molecule has 4 heteroatoms. The lowest BCUT2D eigenvalue weighted by Crippen LogP contribution is -2.29. The molecule has 88 valence electrons. The molecule has 0 bridgehead atoms. The highest BCUT2D eigenvalue weighted by molar-refractivity contribution is 5.66. The van der Waals surface area contributed by atoms with Gasteiger partial charge in [-0.25, -0.2) is 0 Å². The molecular weight excluding hydrogens is 204 g/mol. The summed E-state index contributed by atoms with van der Waals surface area (Å²) in [6.45, 7) is 4.05. The first-order chi connectivity index (χ1) is 7.59. The van der Waals surface area contributed by atoms with Gasteiger partial charge in [-0.15, -0.1) is 0 Å². The molecule has 1 aromatic rings. The zero-order chi connectivity index (χ0) is 12.0. The van der Waals surface area contributed by atoms with E-state index in [1.807, 2.05) is 32.2 Å². The highest BCUT2D eigenvalue weighted by atomic mass is 16.4. The molecule has 0 fully saturated rings. The van der Waals surface area contributed by atoms with Crippen LogP contribution in [0.2, 0.25) is 0 Å². The second-order valence-corrected chi connectivity index (χ2v) is 4.01. The van der Waals surface area contributed by atoms with Crippen LogP contribution in [0.15, 0.2) is 24.5 Å². The SMILES string of the molecule is CC(CCC(=O)O)N[C@H](C)c1cccnc1. The summed E-state index contributed by atoms with van der Waals surface area (Å²) in [6, 6.07) is 4.29. The fourth-order valence-corrected chi connectivity index (χ4v) is 1.58. The Labute approximate surface area is 95.7 Å². The zero-order valence-electron chi connectivity index (χ0n) is 9.68. The van der Waals surface area contributed by atoms with Crippen molar-refractivity contribution in [1.82, 2.24) is 10.3 Å². The molecule has 0 aliphatic heterocycles. The molecule has 16 heavy (non-hydrogen) atoms. The topological polar surface area (TPSA) is 62.2 Å². The molecule has 0 aromatic carbocycles. The van der Waals surface area contributed by atoms with E-state index in [1.165, 1.54) is 0 Å². The molecule has 0 amide bonds. The van der Waals surface area contributed by atoms with E-state index in [4.69, 9.17) is 5.11 Å². The molecule has 2 N–H and O–H groups in total. The summed E-state index contributed by atoms with van der Waals surface area (Å²) in [5.74, 6) is -0.748. The maximum atomic E-state index is 10.4. The third kappa shape index (κ3) is 4.40. The second kappa shape index (κ2) is 6.23. The minimum atomic E-state index is -0.748. The summed E-state index contributed by atoms with van der Waals surface area (Å²) >= 11 is 0. The minimum absolute atomic E-state index is 0.186. The molecule has 1 unspecified atom stereocenters. The maximum Gasteiger partial charge on any atom is 0.303 e. The fraction of sp³-hybridized carbons (Fsp3) is 0.500. The van der Waals surface area contributed by atoms with Crippen molar-refractivity contribution in [3.63, 3.8) is 0 Å². The van der Waals surface area contributed by atoms with Crippen LogP contribution in [0.4, 0.5) is 0 Å². The predicted octanol–water partition coefficient (Wildman–Crippen LogP) is 1.99. The van der Waals surface area contributed by atoms with Gasteiger partial charge in [-0.2, -0.15) is 0 Å². The highest BCUT2D eigenvalue weighted by Crippen LogP contribution is 2.12. The Morgan fingerprint density at radius 2 is 2.31 bits per heavy atom. The van der Waals surface area contributed by atoms with E-state index in [-0.39, 0.29) is 18.5 Å². The third-order valence-electron chi connectivity index (χ3n) is 2.51. The standard InChI is InChI=1S/C12H18N2O2/c1-9(5-6-12(15)16)14-10(2)11-4-3-7-13-8-11/h3-4,7-10,14H,5-6H2,1-2H3,(H,15,16)/t9?,10-/m1/s1. The van der Waals surface area contributed by atoms with Crippen molar-refractivity contribution < 1.29 is 9.90 Å². The smallest absolute Gasteiger partial charge is 0.303 e. The molecule has 1 aromatic heterocycles. The number of rotatable bonds is 6. The van der Waals surface area contributed by atoms with Crippen molar-refractivity contribution in [1.29, 1.82) is 0 Å². The molecule has 0 aliphatic rings. The van der Waals surface area contributed by atoms with E-state index in [2.05, 4.69) is 10.3 Å². The number of pyridine rings is 1. The number of carboxylic acid groups (broad SMARTS) is 1. The summed E-state index contributed by atoms with van der Waals surface area (Å²) in [5.41, 5.74) is 1.12. The monoisotopic (exact) mass is 222 g/mol. The minimum Gasteiger partial charge on any atom is -0.481 e. The molecule has 0 saturated heterocycles. The van der Waals surface area contributed by atoms with Gasteiger partial charge in [0.05, 0.1) is 0 Å². The lowest BCUT2D eigenvalue weighted by atomic mass is 10.1. The molecule has 4 nitrogen and oxygen atoms in total. The molecule has 1 rings (SSSR count). The fourth-order valence-electron chi connectivity index (χ4n) is 1.58. The Bertz CT molecular complexity index is 327. The van der Waals surface area contributed by atoms with Crippen LogP contribution in [0.25, 0.3) is 0 Å². The summed E-state index contributed by atoms with van der Waals surface area (Å²) in [7, 11) is 0. The summed E-state index contributed by atoms with van der Waals surface area (Å²) < 4.78 is 0. The van der Waals surface area contributed by atoms with Gasteiger partial charge < -0.3 is 10.4 Å². The van der Waals surface area contributed by atoms with E-state index >= 15 is 0 Å². The van der Waals surface area contributed by atoms with Crippen LogP contribution in [0.5, 0.6) is 0 Å². The molecule has 2 atom stereocenters. The van der Waals surface area contributed by atoms with Gasteiger partial charge in [-0.1, -0.05) is 6.07 Å². The molecule has 0 spiro atoms. The Morgan fingerprint density at radius 1 is 1.56 bits per heavy atom. The van der Waals surface area contributed by atoms with Gasteiger partial charge in [0, 0.05) is 30.9 Å². The molecule has 1 heterocycles. The quantitative estimate of drug-likeness (QED) is 0.772. The number of aromatic nitrogens is 1. The van der Waals surface area contributed by atoms with E-state index in [0.29, 0.717) is 6.42 Å². The van der Waals surface area contributed by atoms with Crippen LogP contribution in [-0.2, 0) is 4.79 Å². The van der Waals surface area contributed by atoms with Crippen LogP contribution in [-0.4, -0.2) is 22.1 Å². The van der Waals surface area contributed by atoms with Crippen molar-refractivity contribution in [2.45, 2.75) is 38.8 Å². The summed E-state index contributed by atoms with van der Waals surface area (Å²) in [6.07, 6.45) is 4.40. The molecular formula is C12H18N2O2. The van der Waals surface area contributed by atoms with Gasteiger partial charge in [0.2, 0.25) is 0 Å². The summed E-state index contributed by atoms with van der Waals surface area (Å²) in [4.78, 5) is 14.5. The highest BCUT2D eigenvalue weighted by Gasteiger charge is 2.10. The second-order valence-electron chi connectivity index (χ2n) is 4.01. The maximum absolute atomic E-state index is 10.4. The summed E-state index contributed by atoms with van der Waals surface area (Å²) in [5, 5.41) is 11.9. The first-order valence-corrected chi connectivity index (χ1v) is 5.47. The van der Waals surface area contributed by atoms with Crippen LogP contribution < -0.4 is 5.32 Å². The predicted molar refractivity (Wildman–Crippen MR) is 62.1 cm³/mol. The lowest BCUT2D eigenvalue weighted by molar-refractivity contribution is -0.137. The van der Waals surface area contributed by atoms with Gasteiger partial charge in [0.25, 0.3) is 0 Å². The molecule has 0 aliphatic carbocycles. The lowest BCUT2D eigenvalue weighted by Gasteiger charge is -2.19. The number of carboxylic acids is 1. The van der Waals surface area contributed by atoms with Crippen LogP contribution in [0.1, 0.15) is 38.3 Å². The first kappa shape index (κ1) is 12.6. The van der Waals surface area contributed by atoms with Crippen molar-refractivity contribution in [3.8, 4) is 0 Å². The average Bonchev–Trinajstić information content (AvgIpc) is 2.27. The van der Waals surface area contributed by atoms with Gasteiger partial charge in [-0.3, -0.25) is 9.78 Å². The van der Waals surface area contributed by atoms with Crippen LogP contribution >= 0.6 is 0 Å². The van der Waals surface area contributed by atoms with E-state index < -0.39 is 5.97 Å². The number of nitrogens with zero attached hydrogens (tertiary/aromatic N) is 1. The third-order valence-corrected chi connectivity index (χ3v) is 2.51. The Kier molecular flexibility index (Phi) is 4.92. The Hall–Kier alpha value is -1.42. The zero-order valence-corrected chi connectivity index (χ0v) is 9.68. The van der Waals surface area contributed by atoms with Crippen molar-refractivity contribution >= 4 is 5.97 Å². The van der Waals surface area contributed by atoms with E-state index in [1.54, 1.807) is 6.20 Å². The van der Waals surface area contributed by atoms with Gasteiger partial charge in [-0.05, 0) is 31.9 Å². The van der Waals surface area contributed by atoms with E-state index in [9.17, 15) is 4.79 Å². The van der Waals surface area contributed by atoms with Gasteiger partial charge in [0.15, 0.2) is 0 Å². The number of hydrogen-bond acceptors (Lipinski definition) is 3. The largest absolute Gasteiger partial charge is 0.481 e. The normalized spacial score (nSPS) is 14.4. The first-order valence-electron chi connectivity index (χ1n) is 5.47.